The molecule has 0 spiro atoms. The summed E-state index contributed by atoms with van der Waals surface area (Å²) in [6, 6.07) is 12.5. The number of aromatic nitrogens is 1. The molecule has 0 unspecified atom stereocenters. The van der Waals surface area contributed by atoms with Crippen molar-refractivity contribution in [2.45, 2.75) is 26.2 Å². The van der Waals surface area contributed by atoms with Gasteiger partial charge in [0.25, 0.3) is 0 Å². The monoisotopic (exact) mass is 421 g/mol. The number of pyridine rings is 1. The molecule has 0 aliphatic rings. The summed E-state index contributed by atoms with van der Waals surface area (Å²) in [7, 11) is 1.51. The summed E-state index contributed by atoms with van der Waals surface area (Å²) in [5.41, 5.74) is 7.95. The summed E-state index contributed by atoms with van der Waals surface area (Å²) >= 11 is 0. The third-order valence-electron chi connectivity index (χ3n) is 5.16. The quantitative estimate of drug-likeness (QED) is 0.553. The number of Topliss-reactive ketones (excluding diaryl/α,β-unsaturated/α-hetero) is 1. The molecule has 0 atom stereocenters. The number of aromatic hydroxyl groups is 1. The van der Waals surface area contributed by atoms with E-state index in [-0.39, 0.29) is 36.0 Å². The largest absolute Gasteiger partial charge is 0.507 e. The second kappa shape index (κ2) is 9.38. The summed E-state index contributed by atoms with van der Waals surface area (Å²) in [6.45, 7) is 1.71. The molecule has 3 rings (SSSR count). The van der Waals surface area contributed by atoms with Crippen LogP contribution in [-0.4, -0.2) is 28.8 Å². The molecular weight excluding hydrogens is 397 g/mol. The van der Waals surface area contributed by atoms with Gasteiger partial charge in [0.2, 0.25) is 5.91 Å². The van der Waals surface area contributed by atoms with Gasteiger partial charge in [-0.3, -0.25) is 9.59 Å². The number of aryl methyl sites for hydroxylation is 1. The molecule has 0 aliphatic heterocycles. The third kappa shape index (κ3) is 4.88. The van der Waals surface area contributed by atoms with Gasteiger partial charge in [-0.05, 0) is 47.9 Å². The lowest BCUT2D eigenvalue weighted by molar-refractivity contribution is -0.118. The number of hydrogen-bond donors (Lipinski definition) is 2. The lowest BCUT2D eigenvalue weighted by Gasteiger charge is -2.18. The molecule has 3 N–H and O–H groups in total. The Kier molecular flexibility index (Phi) is 6.65. The van der Waals surface area contributed by atoms with Crippen LogP contribution in [0.1, 0.15) is 35.7 Å². The lowest BCUT2D eigenvalue weighted by atomic mass is 9.98. The fraction of sp³-hybridized carbons (Fsp3) is 0.208. The predicted molar refractivity (Wildman–Crippen MR) is 119 cm³/mol. The smallest absolute Gasteiger partial charge is 0.226 e. The van der Waals surface area contributed by atoms with Crippen LogP contribution >= 0.6 is 0 Å². The van der Waals surface area contributed by atoms with Crippen LogP contribution in [0.25, 0.3) is 11.1 Å². The Labute approximate surface area is 180 Å². The number of anilines is 2. The zero-order chi connectivity index (χ0) is 22.5. The van der Waals surface area contributed by atoms with E-state index < -0.39 is 5.82 Å². The number of nitrogens with zero attached hydrogens (tertiary/aromatic N) is 2. The number of hydrogen-bond acceptors (Lipinski definition) is 5. The molecule has 160 valence electrons. The van der Waals surface area contributed by atoms with Gasteiger partial charge in [0.1, 0.15) is 17.4 Å². The number of benzene rings is 2. The molecule has 7 heteroatoms. The topological polar surface area (TPSA) is 96.5 Å². The SMILES string of the molecule is CCC(=O)N(C)c1ccc(-c2ccc(C(=O)CCc3cccnc3N)cc2O)cc1F. The van der Waals surface area contributed by atoms with E-state index in [9.17, 15) is 19.1 Å². The highest BCUT2D eigenvalue weighted by Gasteiger charge is 2.16. The van der Waals surface area contributed by atoms with E-state index in [1.807, 2.05) is 6.07 Å². The molecule has 1 heterocycles. The highest BCUT2D eigenvalue weighted by Crippen LogP contribution is 2.33. The van der Waals surface area contributed by atoms with Crippen molar-refractivity contribution in [2.75, 3.05) is 17.7 Å². The van der Waals surface area contributed by atoms with Crippen molar-refractivity contribution in [3.63, 3.8) is 0 Å². The molecule has 0 saturated heterocycles. The first kappa shape index (κ1) is 22.0. The number of carbonyl (C=O) groups excluding carboxylic acids is 2. The van der Waals surface area contributed by atoms with Crippen molar-refractivity contribution in [1.82, 2.24) is 4.98 Å². The van der Waals surface area contributed by atoms with Gasteiger partial charge in [0.05, 0.1) is 5.69 Å². The number of phenols is 1. The second-order valence-electron chi connectivity index (χ2n) is 7.18. The van der Waals surface area contributed by atoms with Gasteiger partial charge in [0.15, 0.2) is 5.78 Å². The van der Waals surface area contributed by atoms with Crippen LogP contribution in [0, 0.1) is 5.82 Å². The maximum atomic E-state index is 14.6. The minimum Gasteiger partial charge on any atom is -0.507 e. The number of nitrogens with two attached hydrogens (primary N) is 1. The Morgan fingerprint density at radius 1 is 1.16 bits per heavy atom. The Balaban J connectivity index is 1.77. The maximum absolute atomic E-state index is 14.6. The minimum atomic E-state index is -0.574. The molecular formula is C24H24FN3O3. The van der Waals surface area contributed by atoms with Gasteiger partial charge in [-0.2, -0.15) is 0 Å². The van der Waals surface area contributed by atoms with E-state index in [4.69, 9.17) is 5.73 Å². The Bertz CT molecular complexity index is 1130. The standard InChI is InChI=1S/C24H24FN3O3/c1-3-23(31)28(2)20-10-7-16(13-19(20)25)18-9-6-17(14-22(18)30)21(29)11-8-15-5-4-12-27-24(15)26/h4-7,9-10,12-14,30H,3,8,11H2,1-2H3,(H2,26,27). The first-order valence-corrected chi connectivity index (χ1v) is 9.93. The van der Waals surface area contributed by atoms with Crippen LogP contribution in [-0.2, 0) is 11.2 Å². The average Bonchev–Trinajstić information content (AvgIpc) is 2.77. The summed E-state index contributed by atoms with van der Waals surface area (Å²) < 4.78 is 14.6. The number of halogens is 1. The molecule has 6 nitrogen and oxygen atoms in total. The summed E-state index contributed by atoms with van der Waals surface area (Å²) in [5.74, 6) is -0.658. The molecule has 1 aromatic heterocycles. The van der Waals surface area contributed by atoms with Gasteiger partial charge in [-0.1, -0.05) is 25.1 Å². The van der Waals surface area contributed by atoms with Crippen LogP contribution in [0.5, 0.6) is 5.75 Å². The first-order valence-electron chi connectivity index (χ1n) is 9.93. The van der Waals surface area contributed by atoms with Crippen LogP contribution in [0.2, 0.25) is 0 Å². The molecule has 1 amide bonds. The van der Waals surface area contributed by atoms with Crippen LogP contribution < -0.4 is 10.6 Å². The normalized spacial score (nSPS) is 10.7. The Hall–Kier alpha value is -3.74. The molecule has 3 aromatic rings. The van der Waals surface area contributed by atoms with Crippen molar-refractivity contribution < 1.29 is 19.1 Å². The molecule has 0 fully saturated rings. The van der Waals surface area contributed by atoms with Gasteiger partial charge >= 0.3 is 0 Å². The van der Waals surface area contributed by atoms with Gasteiger partial charge in [0, 0.05) is 37.2 Å². The number of ketones is 1. The Morgan fingerprint density at radius 2 is 1.94 bits per heavy atom. The van der Waals surface area contributed by atoms with Crippen molar-refractivity contribution >= 4 is 23.2 Å². The van der Waals surface area contributed by atoms with E-state index in [0.29, 0.717) is 28.9 Å². The Morgan fingerprint density at radius 3 is 2.58 bits per heavy atom. The number of amides is 1. The zero-order valence-electron chi connectivity index (χ0n) is 17.4. The van der Waals surface area contributed by atoms with Crippen molar-refractivity contribution in [1.29, 1.82) is 0 Å². The maximum Gasteiger partial charge on any atom is 0.226 e. The van der Waals surface area contributed by atoms with E-state index in [0.717, 1.165) is 5.56 Å². The van der Waals surface area contributed by atoms with Crippen LogP contribution in [0.3, 0.4) is 0 Å². The molecule has 31 heavy (non-hydrogen) atoms. The third-order valence-corrected chi connectivity index (χ3v) is 5.16. The summed E-state index contributed by atoms with van der Waals surface area (Å²) in [6.07, 6.45) is 2.52. The number of rotatable bonds is 7. The van der Waals surface area contributed by atoms with Gasteiger partial charge in [-0.25, -0.2) is 9.37 Å². The zero-order valence-corrected chi connectivity index (χ0v) is 17.4. The van der Waals surface area contributed by atoms with Crippen molar-refractivity contribution in [2.24, 2.45) is 0 Å². The number of nitrogen functional groups attached to an aromatic ring is 1. The van der Waals surface area contributed by atoms with Gasteiger partial charge in [-0.15, -0.1) is 0 Å². The second-order valence-corrected chi connectivity index (χ2v) is 7.18. The number of carbonyl (C=O) groups is 2. The average molecular weight is 421 g/mol. The molecule has 2 aromatic carbocycles. The molecule has 0 saturated carbocycles. The van der Waals surface area contributed by atoms with E-state index >= 15 is 0 Å². The molecule has 0 bridgehead atoms. The minimum absolute atomic E-state index is 0.128. The lowest BCUT2D eigenvalue weighted by Crippen LogP contribution is -2.25. The van der Waals surface area contributed by atoms with Crippen molar-refractivity contribution in [3.8, 4) is 16.9 Å². The summed E-state index contributed by atoms with van der Waals surface area (Å²) in [4.78, 5) is 29.6. The van der Waals surface area contributed by atoms with Crippen molar-refractivity contribution in [3.05, 3.63) is 71.7 Å². The highest BCUT2D eigenvalue weighted by molar-refractivity contribution is 5.97. The molecule has 0 aliphatic carbocycles. The fourth-order valence-corrected chi connectivity index (χ4v) is 3.32. The fourth-order valence-electron chi connectivity index (χ4n) is 3.32. The van der Waals surface area contributed by atoms with E-state index in [1.165, 1.54) is 30.1 Å². The first-order chi connectivity index (χ1) is 14.8. The van der Waals surface area contributed by atoms with E-state index in [1.54, 1.807) is 37.4 Å². The van der Waals surface area contributed by atoms with Crippen LogP contribution in [0.4, 0.5) is 15.9 Å². The van der Waals surface area contributed by atoms with Gasteiger partial charge < -0.3 is 15.7 Å². The predicted octanol–water partition coefficient (Wildman–Crippen LogP) is 4.36. The van der Waals surface area contributed by atoms with Crippen LogP contribution in [0.15, 0.2) is 54.7 Å². The van der Waals surface area contributed by atoms with E-state index in [2.05, 4.69) is 4.98 Å². The number of phenolic OH excluding ortho intramolecular Hbond substituents is 1. The summed E-state index contributed by atoms with van der Waals surface area (Å²) in [5, 5.41) is 10.4. The highest BCUT2D eigenvalue weighted by atomic mass is 19.1. The molecule has 0 radical (unpaired) electrons.